The molecule has 0 aromatic heterocycles. The summed E-state index contributed by atoms with van der Waals surface area (Å²) in [5.74, 6) is 0. The molecule has 3 heteroatoms. The molecule has 2 nitrogen and oxygen atoms in total. The number of rotatable bonds is 2. The molecule has 0 bridgehead atoms. The number of hydrogen-bond acceptors (Lipinski definition) is 3. The standard InChI is InChI=1S/C14H13NOS/c1-16-9-10-5-4-8-13-14(10)15-11-6-2-3-7-12(11)17-13/h2-8,15H,9H2,1H3. The van der Waals surface area contributed by atoms with Crippen molar-refractivity contribution in [1.29, 1.82) is 0 Å². The van der Waals surface area contributed by atoms with Crippen LogP contribution in [0, 0.1) is 0 Å². The fourth-order valence-electron chi connectivity index (χ4n) is 1.99. The minimum absolute atomic E-state index is 0.638. The lowest BCUT2D eigenvalue weighted by atomic mass is 10.1. The first kappa shape index (κ1) is 10.7. The van der Waals surface area contributed by atoms with E-state index in [2.05, 4.69) is 47.8 Å². The number of nitrogens with one attached hydrogen (secondary N) is 1. The van der Waals surface area contributed by atoms with Gasteiger partial charge in [0.15, 0.2) is 0 Å². The van der Waals surface area contributed by atoms with Gasteiger partial charge in [0.05, 0.1) is 18.0 Å². The van der Waals surface area contributed by atoms with Crippen molar-refractivity contribution in [2.24, 2.45) is 0 Å². The summed E-state index contributed by atoms with van der Waals surface area (Å²) in [5, 5.41) is 3.49. The predicted molar refractivity (Wildman–Crippen MR) is 71.0 cm³/mol. The maximum absolute atomic E-state index is 5.23. The predicted octanol–water partition coefficient (Wildman–Crippen LogP) is 4.04. The molecule has 0 amide bonds. The molecule has 0 fully saturated rings. The van der Waals surface area contributed by atoms with Crippen molar-refractivity contribution in [3.63, 3.8) is 0 Å². The smallest absolute Gasteiger partial charge is 0.0733 e. The van der Waals surface area contributed by atoms with Gasteiger partial charge in [-0.3, -0.25) is 0 Å². The molecule has 2 aromatic carbocycles. The quantitative estimate of drug-likeness (QED) is 0.734. The lowest BCUT2D eigenvalue weighted by Crippen LogP contribution is -2.03. The van der Waals surface area contributed by atoms with Crippen LogP contribution in [0.5, 0.6) is 0 Å². The Morgan fingerprint density at radius 1 is 1.06 bits per heavy atom. The van der Waals surface area contributed by atoms with Gasteiger partial charge in [-0.25, -0.2) is 0 Å². The number of anilines is 2. The third kappa shape index (κ3) is 1.92. The van der Waals surface area contributed by atoms with Crippen molar-refractivity contribution in [3.8, 4) is 0 Å². The second kappa shape index (κ2) is 4.43. The molecule has 1 aliphatic heterocycles. The van der Waals surface area contributed by atoms with Crippen molar-refractivity contribution in [3.05, 3.63) is 48.0 Å². The van der Waals surface area contributed by atoms with Crippen LogP contribution in [0.4, 0.5) is 11.4 Å². The minimum Gasteiger partial charge on any atom is -0.380 e. The topological polar surface area (TPSA) is 21.3 Å². The molecule has 0 unspecified atom stereocenters. The minimum atomic E-state index is 0.638. The molecule has 1 aliphatic rings. The normalized spacial score (nSPS) is 12.5. The highest BCUT2D eigenvalue weighted by Gasteiger charge is 2.17. The van der Waals surface area contributed by atoms with E-state index >= 15 is 0 Å². The molecule has 2 aromatic rings. The maximum atomic E-state index is 5.23. The second-order valence-electron chi connectivity index (χ2n) is 3.95. The average molecular weight is 243 g/mol. The number of hydrogen-bond donors (Lipinski definition) is 1. The van der Waals surface area contributed by atoms with Crippen molar-refractivity contribution in [2.45, 2.75) is 16.4 Å². The third-order valence-electron chi connectivity index (χ3n) is 2.78. The maximum Gasteiger partial charge on any atom is 0.0733 e. The van der Waals surface area contributed by atoms with Gasteiger partial charge in [0.1, 0.15) is 0 Å². The fourth-order valence-corrected chi connectivity index (χ4v) is 3.03. The zero-order chi connectivity index (χ0) is 11.7. The Bertz CT molecular complexity index is 554. The van der Waals surface area contributed by atoms with Gasteiger partial charge < -0.3 is 10.1 Å². The Morgan fingerprint density at radius 3 is 2.76 bits per heavy atom. The molecule has 0 atom stereocenters. The molecule has 17 heavy (non-hydrogen) atoms. The lowest BCUT2D eigenvalue weighted by Gasteiger charge is -2.22. The molecule has 86 valence electrons. The van der Waals surface area contributed by atoms with E-state index in [-0.39, 0.29) is 0 Å². The first-order valence-corrected chi connectivity index (χ1v) is 6.35. The zero-order valence-corrected chi connectivity index (χ0v) is 10.4. The van der Waals surface area contributed by atoms with E-state index in [9.17, 15) is 0 Å². The van der Waals surface area contributed by atoms with Crippen LogP contribution < -0.4 is 5.32 Å². The monoisotopic (exact) mass is 243 g/mol. The van der Waals surface area contributed by atoms with Crippen LogP contribution in [0.15, 0.2) is 52.3 Å². The highest BCUT2D eigenvalue weighted by Crippen LogP contribution is 2.45. The van der Waals surface area contributed by atoms with Gasteiger partial charge in [-0.15, -0.1) is 0 Å². The average Bonchev–Trinajstić information content (AvgIpc) is 2.37. The van der Waals surface area contributed by atoms with Gasteiger partial charge in [-0.05, 0) is 18.2 Å². The summed E-state index contributed by atoms with van der Waals surface area (Å²) >= 11 is 1.80. The van der Waals surface area contributed by atoms with E-state index in [1.165, 1.54) is 26.7 Å². The summed E-state index contributed by atoms with van der Waals surface area (Å²) in [6.45, 7) is 0.638. The number of para-hydroxylation sites is 2. The summed E-state index contributed by atoms with van der Waals surface area (Å²) in [6, 6.07) is 14.7. The van der Waals surface area contributed by atoms with E-state index in [1.54, 1.807) is 18.9 Å². The van der Waals surface area contributed by atoms with Gasteiger partial charge in [0.25, 0.3) is 0 Å². The number of ether oxygens (including phenoxy) is 1. The van der Waals surface area contributed by atoms with Gasteiger partial charge in [0, 0.05) is 22.5 Å². The Balaban J connectivity index is 2.05. The van der Waals surface area contributed by atoms with Crippen molar-refractivity contribution in [2.75, 3.05) is 12.4 Å². The molecule has 0 saturated heterocycles. The SMILES string of the molecule is COCc1cccc2c1Nc1ccccc1S2. The van der Waals surface area contributed by atoms with Gasteiger partial charge in [-0.2, -0.15) is 0 Å². The van der Waals surface area contributed by atoms with Crippen LogP contribution in [-0.2, 0) is 11.3 Å². The molecule has 1 heterocycles. The molecule has 3 rings (SSSR count). The molecular formula is C14H13NOS. The summed E-state index contributed by atoms with van der Waals surface area (Å²) in [4.78, 5) is 2.54. The van der Waals surface area contributed by atoms with E-state index in [1.807, 2.05) is 0 Å². The van der Waals surface area contributed by atoms with Gasteiger partial charge in [-0.1, -0.05) is 36.0 Å². The Morgan fingerprint density at radius 2 is 1.88 bits per heavy atom. The highest BCUT2D eigenvalue weighted by molar-refractivity contribution is 7.99. The fraction of sp³-hybridized carbons (Fsp3) is 0.143. The number of methoxy groups -OCH3 is 1. The summed E-state index contributed by atoms with van der Waals surface area (Å²) < 4.78 is 5.23. The van der Waals surface area contributed by atoms with Crippen LogP contribution >= 0.6 is 11.8 Å². The molecule has 0 spiro atoms. The van der Waals surface area contributed by atoms with E-state index in [4.69, 9.17) is 4.74 Å². The molecule has 1 N–H and O–H groups in total. The van der Waals surface area contributed by atoms with Crippen LogP contribution in [0.25, 0.3) is 0 Å². The van der Waals surface area contributed by atoms with Crippen LogP contribution in [0.2, 0.25) is 0 Å². The van der Waals surface area contributed by atoms with Crippen LogP contribution in [0.3, 0.4) is 0 Å². The third-order valence-corrected chi connectivity index (χ3v) is 3.92. The number of benzene rings is 2. The van der Waals surface area contributed by atoms with Gasteiger partial charge >= 0.3 is 0 Å². The molecule has 0 saturated carbocycles. The summed E-state index contributed by atoms with van der Waals surface area (Å²) in [6.07, 6.45) is 0. The van der Waals surface area contributed by atoms with Crippen molar-refractivity contribution in [1.82, 2.24) is 0 Å². The van der Waals surface area contributed by atoms with Crippen molar-refractivity contribution >= 4 is 23.1 Å². The van der Waals surface area contributed by atoms with E-state index in [0.717, 1.165) is 0 Å². The first-order chi connectivity index (χ1) is 8.38. The Hall–Kier alpha value is -1.45. The lowest BCUT2D eigenvalue weighted by molar-refractivity contribution is 0.185. The first-order valence-electron chi connectivity index (χ1n) is 5.53. The Labute approximate surface area is 105 Å². The molecule has 0 radical (unpaired) electrons. The van der Waals surface area contributed by atoms with Crippen LogP contribution in [0.1, 0.15) is 5.56 Å². The van der Waals surface area contributed by atoms with Crippen molar-refractivity contribution < 1.29 is 4.74 Å². The molecular weight excluding hydrogens is 230 g/mol. The van der Waals surface area contributed by atoms with E-state index in [0.29, 0.717) is 6.61 Å². The largest absolute Gasteiger partial charge is 0.380 e. The number of fused-ring (bicyclic) bond motifs is 2. The molecule has 0 aliphatic carbocycles. The Kier molecular flexibility index (Phi) is 2.79. The highest BCUT2D eigenvalue weighted by atomic mass is 32.2. The summed E-state index contributed by atoms with van der Waals surface area (Å²) in [5.41, 5.74) is 3.55. The zero-order valence-electron chi connectivity index (χ0n) is 9.57. The van der Waals surface area contributed by atoms with E-state index < -0.39 is 0 Å². The van der Waals surface area contributed by atoms with Crippen LogP contribution in [-0.4, -0.2) is 7.11 Å². The van der Waals surface area contributed by atoms with Gasteiger partial charge in [0.2, 0.25) is 0 Å². The second-order valence-corrected chi connectivity index (χ2v) is 5.03. The summed E-state index contributed by atoms with van der Waals surface area (Å²) in [7, 11) is 1.73.